The van der Waals surface area contributed by atoms with E-state index >= 15 is 0 Å². The van der Waals surface area contributed by atoms with Gasteiger partial charge in [0.1, 0.15) is 0 Å². The second kappa shape index (κ2) is 13.0. The second-order valence-electron chi connectivity index (χ2n) is 3.41. The average Bonchev–Trinajstić information content (AvgIpc) is 2.34. The molecular weight excluding hydrogens is 224 g/mol. The van der Waals surface area contributed by atoms with Crippen LogP contribution in [0.25, 0.3) is 0 Å². The number of allylic oxidation sites excluding steroid dienone is 11. The summed E-state index contributed by atoms with van der Waals surface area (Å²) in [4.78, 5) is 10.1. The smallest absolute Gasteiger partial charge is 0.328 e. The Bertz CT molecular complexity index is 380. The molecule has 0 bridgehead atoms. The Balaban J connectivity index is 3.69. The highest BCUT2D eigenvalue weighted by Crippen LogP contribution is 1.91. The summed E-state index contributed by atoms with van der Waals surface area (Å²) in [5.74, 6) is -0.937. The van der Waals surface area contributed by atoms with Crippen molar-refractivity contribution in [3.8, 4) is 0 Å². The quantitative estimate of drug-likeness (QED) is 0.394. The molecule has 0 unspecified atom stereocenters. The van der Waals surface area contributed by atoms with Gasteiger partial charge in [-0.2, -0.15) is 0 Å². The third-order valence-electron chi connectivity index (χ3n) is 1.88. The molecule has 0 saturated carbocycles. The number of hydrogen-bond donors (Lipinski definition) is 1. The van der Waals surface area contributed by atoms with Gasteiger partial charge in [-0.15, -0.1) is 0 Å². The van der Waals surface area contributed by atoms with E-state index in [9.17, 15) is 4.79 Å². The largest absolute Gasteiger partial charge is 0.478 e. The van der Waals surface area contributed by atoms with Crippen LogP contribution in [-0.4, -0.2) is 11.1 Å². The minimum Gasteiger partial charge on any atom is -0.478 e. The average molecular weight is 244 g/mol. The lowest BCUT2D eigenvalue weighted by molar-refractivity contribution is -0.131. The zero-order valence-corrected chi connectivity index (χ0v) is 10.7. The molecule has 2 heteroatoms. The molecule has 0 rings (SSSR count). The van der Waals surface area contributed by atoms with E-state index in [0.29, 0.717) is 0 Å². The van der Waals surface area contributed by atoms with E-state index in [1.165, 1.54) is 6.08 Å². The van der Waals surface area contributed by atoms with E-state index in [-0.39, 0.29) is 0 Å². The Hall–Kier alpha value is -2.09. The zero-order chi connectivity index (χ0) is 13.5. The second-order valence-corrected chi connectivity index (χ2v) is 3.41. The summed E-state index contributed by atoms with van der Waals surface area (Å²) >= 11 is 0. The minimum atomic E-state index is -0.937. The molecule has 0 aliphatic carbocycles. The van der Waals surface area contributed by atoms with E-state index in [2.05, 4.69) is 24.3 Å². The van der Waals surface area contributed by atoms with Crippen LogP contribution in [-0.2, 0) is 4.79 Å². The first-order valence-electron chi connectivity index (χ1n) is 5.93. The van der Waals surface area contributed by atoms with Gasteiger partial charge in [-0.25, -0.2) is 4.79 Å². The van der Waals surface area contributed by atoms with E-state index in [4.69, 9.17) is 5.11 Å². The molecule has 0 radical (unpaired) electrons. The molecule has 0 aliphatic heterocycles. The Morgan fingerprint density at radius 1 is 0.833 bits per heavy atom. The number of aliphatic carboxylic acids is 1. The summed E-state index contributed by atoms with van der Waals surface area (Å²) < 4.78 is 0. The van der Waals surface area contributed by atoms with Crippen molar-refractivity contribution in [2.24, 2.45) is 0 Å². The lowest BCUT2D eigenvalue weighted by Crippen LogP contribution is -1.84. The number of rotatable bonds is 8. The molecule has 96 valence electrons. The molecule has 0 atom stereocenters. The molecule has 18 heavy (non-hydrogen) atoms. The maximum atomic E-state index is 10.1. The van der Waals surface area contributed by atoms with Gasteiger partial charge in [0.25, 0.3) is 0 Å². The summed E-state index contributed by atoms with van der Waals surface area (Å²) in [6.45, 7) is 2.01. The predicted octanol–water partition coefficient (Wildman–Crippen LogP) is 4.21. The molecule has 0 aromatic heterocycles. The van der Waals surface area contributed by atoms with Crippen molar-refractivity contribution >= 4 is 5.97 Å². The van der Waals surface area contributed by atoms with Crippen molar-refractivity contribution in [2.75, 3.05) is 0 Å². The monoisotopic (exact) mass is 244 g/mol. The highest BCUT2D eigenvalue weighted by molar-refractivity contribution is 5.80. The fourth-order valence-electron chi connectivity index (χ4n) is 1.04. The van der Waals surface area contributed by atoms with Crippen LogP contribution < -0.4 is 0 Å². The van der Waals surface area contributed by atoms with E-state index in [0.717, 1.165) is 18.9 Å². The number of hydrogen-bond acceptors (Lipinski definition) is 1. The van der Waals surface area contributed by atoms with E-state index < -0.39 is 5.97 Å². The van der Waals surface area contributed by atoms with Crippen molar-refractivity contribution in [2.45, 2.75) is 19.8 Å². The van der Waals surface area contributed by atoms with Gasteiger partial charge in [-0.1, -0.05) is 66.8 Å². The van der Waals surface area contributed by atoms with Gasteiger partial charge in [0, 0.05) is 6.08 Å². The van der Waals surface area contributed by atoms with Gasteiger partial charge < -0.3 is 5.11 Å². The van der Waals surface area contributed by atoms with Gasteiger partial charge >= 0.3 is 5.97 Å². The first-order chi connectivity index (χ1) is 8.77. The van der Waals surface area contributed by atoms with Crippen LogP contribution in [0.3, 0.4) is 0 Å². The molecule has 0 aliphatic rings. The van der Waals surface area contributed by atoms with Crippen molar-refractivity contribution in [1.29, 1.82) is 0 Å². The highest BCUT2D eigenvalue weighted by atomic mass is 16.4. The molecule has 0 fully saturated rings. The van der Waals surface area contributed by atoms with Crippen molar-refractivity contribution in [3.63, 3.8) is 0 Å². The van der Waals surface area contributed by atoms with Crippen LogP contribution in [0.4, 0.5) is 0 Å². The molecule has 0 spiro atoms. The predicted molar refractivity (Wildman–Crippen MR) is 77.4 cm³/mol. The van der Waals surface area contributed by atoms with Gasteiger partial charge in [0.2, 0.25) is 0 Å². The minimum absolute atomic E-state index is 0.921. The van der Waals surface area contributed by atoms with Crippen LogP contribution >= 0.6 is 0 Å². The fraction of sp³-hybridized carbons (Fsp3) is 0.188. The highest BCUT2D eigenvalue weighted by Gasteiger charge is 1.79. The molecular formula is C16H20O2. The van der Waals surface area contributed by atoms with Gasteiger partial charge in [-0.05, 0) is 19.8 Å². The van der Waals surface area contributed by atoms with E-state index in [1.54, 1.807) is 12.2 Å². The normalized spacial score (nSPS) is 13.4. The summed E-state index contributed by atoms with van der Waals surface area (Å²) in [5, 5.41) is 8.33. The molecule has 1 N–H and O–H groups in total. The Kier molecular flexibility index (Phi) is 11.5. The first-order valence-corrected chi connectivity index (χ1v) is 5.93. The summed E-state index contributed by atoms with van der Waals surface area (Å²) in [6.07, 6.45) is 24.1. The van der Waals surface area contributed by atoms with Crippen LogP contribution in [0, 0.1) is 0 Å². The molecule has 0 aromatic rings. The lowest BCUT2D eigenvalue weighted by atomic mass is 10.3. The molecule has 2 nitrogen and oxygen atoms in total. The Labute approximate surface area is 109 Å². The van der Waals surface area contributed by atoms with Crippen LogP contribution in [0.2, 0.25) is 0 Å². The maximum absolute atomic E-state index is 10.1. The number of carboxylic acids is 1. The number of carboxylic acid groups (broad SMARTS) is 1. The standard InChI is InChI=1S/C16H20O2/c1-2-3-4-5-6-7-8-9-10-11-12-13-14-15-16(17)18/h2-3,5-6,8-15H,4,7H2,1H3,(H,17,18)/b3-2-,6-5-,9-8+,11-10+,13-12+,15-14+. The molecule has 0 aromatic carbocycles. The Morgan fingerprint density at radius 3 is 2.00 bits per heavy atom. The molecule has 0 saturated heterocycles. The SMILES string of the molecule is C/C=C\C/C=C\C/C=C/C=C/C=C/C=C/C(=O)O. The molecule has 0 heterocycles. The molecule has 0 amide bonds. The Morgan fingerprint density at radius 2 is 1.39 bits per heavy atom. The summed E-state index contributed by atoms with van der Waals surface area (Å²) in [5.41, 5.74) is 0. The van der Waals surface area contributed by atoms with Gasteiger partial charge in [-0.3, -0.25) is 0 Å². The summed E-state index contributed by atoms with van der Waals surface area (Å²) in [7, 11) is 0. The zero-order valence-electron chi connectivity index (χ0n) is 10.7. The van der Waals surface area contributed by atoms with Crippen molar-refractivity contribution in [1.82, 2.24) is 0 Å². The third kappa shape index (κ3) is 13.9. The van der Waals surface area contributed by atoms with Gasteiger partial charge in [0.15, 0.2) is 0 Å². The summed E-state index contributed by atoms with van der Waals surface area (Å²) in [6, 6.07) is 0. The van der Waals surface area contributed by atoms with Crippen molar-refractivity contribution < 1.29 is 9.90 Å². The van der Waals surface area contributed by atoms with Crippen LogP contribution in [0.1, 0.15) is 19.8 Å². The topological polar surface area (TPSA) is 37.3 Å². The van der Waals surface area contributed by atoms with Crippen LogP contribution in [0.15, 0.2) is 72.9 Å². The van der Waals surface area contributed by atoms with Crippen LogP contribution in [0.5, 0.6) is 0 Å². The maximum Gasteiger partial charge on any atom is 0.328 e. The van der Waals surface area contributed by atoms with Crippen molar-refractivity contribution in [3.05, 3.63) is 72.9 Å². The fourth-order valence-corrected chi connectivity index (χ4v) is 1.04. The lowest BCUT2D eigenvalue weighted by Gasteiger charge is -1.81. The van der Waals surface area contributed by atoms with E-state index in [1.807, 2.05) is 31.2 Å². The number of carbonyl (C=O) groups is 1. The first kappa shape index (κ1) is 15.9. The third-order valence-corrected chi connectivity index (χ3v) is 1.88. The van der Waals surface area contributed by atoms with Gasteiger partial charge in [0.05, 0.1) is 0 Å².